The number of halogens is 1. The smallest absolute Gasteiger partial charge is 0.218 e. The van der Waals surface area contributed by atoms with Crippen LogP contribution < -0.4 is 10.1 Å². The normalized spacial score (nSPS) is 10.8. The number of pyridine rings is 1. The van der Waals surface area contributed by atoms with Gasteiger partial charge < -0.3 is 10.1 Å². The van der Waals surface area contributed by atoms with E-state index in [1.54, 1.807) is 6.20 Å². The maximum atomic E-state index is 5.83. The summed E-state index contributed by atoms with van der Waals surface area (Å²) in [6, 6.07) is 12.5. The summed E-state index contributed by atoms with van der Waals surface area (Å²) in [4.78, 5) is 4.32. The molecule has 0 bridgehead atoms. The van der Waals surface area contributed by atoms with Crippen LogP contribution in [-0.2, 0) is 13.2 Å². The Hall–Kier alpha value is -1.39. The predicted molar refractivity (Wildman–Crippen MR) is 84.7 cm³/mol. The lowest BCUT2D eigenvalue weighted by molar-refractivity contribution is 0.289. The summed E-state index contributed by atoms with van der Waals surface area (Å²) in [5.74, 6) is 0.698. The van der Waals surface area contributed by atoms with Gasteiger partial charge in [0, 0.05) is 28.8 Å². The summed E-state index contributed by atoms with van der Waals surface area (Å²) in [6.07, 6.45) is 1.76. The van der Waals surface area contributed by atoms with Crippen molar-refractivity contribution in [3.63, 3.8) is 0 Å². The number of hydrogen-bond donors (Lipinski definition) is 1. The minimum atomic E-state index is 0.439. The van der Waals surface area contributed by atoms with Gasteiger partial charge in [0.25, 0.3) is 0 Å². The zero-order valence-electron chi connectivity index (χ0n) is 11.8. The van der Waals surface area contributed by atoms with E-state index in [4.69, 9.17) is 4.74 Å². The molecular weight excluding hydrogens is 316 g/mol. The quantitative estimate of drug-likeness (QED) is 0.869. The fourth-order valence-corrected chi connectivity index (χ4v) is 2.00. The fraction of sp³-hybridized carbons (Fsp3) is 0.312. The lowest BCUT2D eigenvalue weighted by Crippen LogP contribution is -2.22. The standard InChI is InChI=1S/C16H19BrN2O/c1-12(2)19-10-14-4-3-9-18-16(14)20-11-13-5-7-15(17)8-6-13/h3-9,12,19H,10-11H2,1-2H3. The fourth-order valence-electron chi connectivity index (χ4n) is 1.74. The summed E-state index contributed by atoms with van der Waals surface area (Å²) < 4.78 is 6.90. The molecule has 1 aromatic heterocycles. The highest BCUT2D eigenvalue weighted by Gasteiger charge is 2.05. The average molecular weight is 335 g/mol. The molecule has 20 heavy (non-hydrogen) atoms. The third-order valence-electron chi connectivity index (χ3n) is 2.84. The Morgan fingerprint density at radius 1 is 1.20 bits per heavy atom. The van der Waals surface area contributed by atoms with Gasteiger partial charge in [-0.05, 0) is 23.8 Å². The van der Waals surface area contributed by atoms with Crippen molar-refractivity contribution < 1.29 is 4.74 Å². The van der Waals surface area contributed by atoms with Gasteiger partial charge in [-0.15, -0.1) is 0 Å². The Morgan fingerprint density at radius 2 is 1.95 bits per heavy atom. The molecule has 0 spiro atoms. The topological polar surface area (TPSA) is 34.2 Å². The van der Waals surface area contributed by atoms with Crippen LogP contribution in [0.25, 0.3) is 0 Å². The van der Waals surface area contributed by atoms with Gasteiger partial charge in [-0.1, -0.05) is 48.0 Å². The second-order valence-corrected chi connectivity index (χ2v) is 5.83. The maximum Gasteiger partial charge on any atom is 0.218 e. The van der Waals surface area contributed by atoms with E-state index >= 15 is 0 Å². The minimum absolute atomic E-state index is 0.439. The first kappa shape index (κ1) is 15.0. The molecule has 1 aromatic carbocycles. The highest BCUT2D eigenvalue weighted by atomic mass is 79.9. The van der Waals surface area contributed by atoms with Gasteiger partial charge >= 0.3 is 0 Å². The van der Waals surface area contributed by atoms with Gasteiger partial charge in [-0.3, -0.25) is 0 Å². The number of benzene rings is 1. The van der Waals surface area contributed by atoms with Gasteiger partial charge in [0.15, 0.2) is 0 Å². The molecule has 1 N–H and O–H groups in total. The van der Waals surface area contributed by atoms with E-state index in [0.717, 1.165) is 22.1 Å². The van der Waals surface area contributed by atoms with Gasteiger partial charge in [0.1, 0.15) is 6.61 Å². The SMILES string of the molecule is CC(C)NCc1cccnc1OCc1ccc(Br)cc1. The first-order chi connectivity index (χ1) is 9.65. The number of rotatable bonds is 6. The summed E-state index contributed by atoms with van der Waals surface area (Å²) >= 11 is 3.43. The zero-order chi connectivity index (χ0) is 14.4. The predicted octanol–water partition coefficient (Wildman–Crippen LogP) is 3.92. The number of hydrogen-bond acceptors (Lipinski definition) is 3. The van der Waals surface area contributed by atoms with Crippen LogP contribution in [-0.4, -0.2) is 11.0 Å². The molecule has 0 atom stereocenters. The van der Waals surface area contributed by atoms with Crippen LogP contribution in [0.15, 0.2) is 47.1 Å². The van der Waals surface area contributed by atoms with E-state index in [1.165, 1.54) is 0 Å². The molecule has 2 aromatic rings. The molecule has 0 saturated heterocycles. The second-order valence-electron chi connectivity index (χ2n) is 4.92. The summed E-state index contributed by atoms with van der Waals surface area (Å²) in [5, 5.41) is 3.38. The second kappa shape index (κ2) is 7.41. The Labute approximate surface area is 128 Å². The largest absolute Gasteiger partial charge is 0.473 e. The van der Waals surface area contributed by atoms with E-state index in [9.17, 15) is 0 Å². The van der Waals surface area contributed by atoms with Crippen LogP contribution in [0.3, 0.4) is 0 Å². The molecule has 4 heteroatoms. The van der Waals surface area contributed by atoms with Crippen LogP contribution >= 0.6 is 15.9 Å². The molecule has 0 fully saturated rings. The van der Waals surface area contributed by atoms with Crippen molar-refractivity contribution in [3.8, 4) is 5.88 Å². The van der Waals surface area contributed by atoms with Crippen LogP contribution in [0.4, 0.5) is 0 Å². The first-order valence-electron chi connectivity index (χ1n) is 6.69. The molecule has 3 nitrogen and oxygen atoms in total. The van der Waals surface area contributed by atoms with Crippen molar-refractivity contribution in [1.29, 1.82) is 0 Å². The van der Waals surface area contributed by atoms with Gasteiger partial charge in [0.05, 0.1) is 0 Å². The molecule has 1 heterocycles. The lowest BCUT2D eigenvalue weighted by Gasteiger charge is -2.12. The molecule has 0 aliphatic carbocycles. The highest BCUT2D eigenvalue weighted by Crippen LogP contribution is 2.17. The van der Waals surface area contributed by atoms with E-state index in [-0.39, 0.29) is 0 Å². The van der Waals surface area contributed by atoms with Gasteiger partial charge in [-0.25, -0.2) is 4.98 Å². The van der Waals surface area contributed by atoms with Crippen LogP contribution in [0, 0.1) is 0 Å². The van der Waals surface area contributed by atoms with Crippen molar-refractivity contribution in [3.05, 3.63) is 58.2 Å². The Bertz CT molecular complexity index is 540. The summed E-state index contributed by atoms with van der Waals surface area (Å²) in [6.45, 7) is 5.54. The zero-order valence-corrected chi connectivity index (χ0v) is 13.4. The third-order valence-corrected chi connectivity index (χ3v) is 3.37. The van der Waals surface area contributed by atoms with E-state index in [1.807, 2.05) is 36.4 Å². The first-order valence-corrected chi connectivity index (χ1v) is 7.49. The van der Waals surface area contributed by atoms with Crippen molar-refractivity contribution in [1.82, 2.24) is 10.3 Å². The van der Waals surface area contributed by atoms with E-state index in [0.29, 0.717) is 18.5 Å². The van der Waals surface area contributed by atoms with Crippen LogP contribution in [0.2, 0.25) is 0 Å². The third kappa shape index (κ3) is 4.62. The Morgan fingerprint density at radius 3 is 2.65 bits per heavy atom. The summed E-state index contributed by atoms with van der Waals surface area (Å²) in [7, 11) is 0. The Kier molecular flexibility index (Phi) is 5.56. The summed E-state index contributed by atoms with van der Waals surface area (Å²) in [5.41, 5.74) is 2.21. The van der Waals surface area contributed by atoms with Gasteiger partial charge in [-0.2, -0.15) is 0 Å². The molecule has 0 unspecified atom stereocenters. The number of ether oxygens (including phenoxy) is 1. The number of aromatic nitrogens is 1. The highest BCUT2D eigenvalue weighted by molar-refractivity contribution is 9.10. The maximum absolute atomic E-state index is 5.83. The van der Waals surface area contributed by atoms with Gasteiger partial charge in [0.2, 0.25) is 5.88 Å². The van der Waals surface area contributed by atoms with Crippen molar-refractivity contribution in [2.24, 2.45) is 0 Å². The number of nitrogens with one attached hydrogen (secondary N) is 1. The van der Waals surface area contributed by atoms with E-state index in [2.05, 4.69) is 40.1 Å². The monoisotopic (exact) mass is 334 g/mol. The molecule has 2 rings (SSSR count). The van der Waals surface area contributed by atoms with E-state index < -0.39 is 0 Å². The Balaban J connectivity index is 1.99. The molecule has 0 aliphatic heterocycles. The van der Waals surface area contributed by atoms with Crippen LogP contribution in [0.5, 0.6) is 5.88 Å². The molecule has 0 radical (unpaired) electrons. The molecular formula is C16H19BrN2O. The van der Waals surface area contributed by atoms with Crippen LogP contribution in [0.1, 0.15) is 25.0 Å². The lowest BCUT2D eigenvalue weighted by atomic mass is 10.2. The molecule has 0 aliphatic rings. The molecule has 106 valence electrons. The van der Waals surface area contributed by atoms with Crippen molar-refractivity contribution in [2.75, 3.05) is 0 Å². The minimum Gasteiger partial charge on any atom is -0.473 e. The number of nitrogens with zero attached hydrogens (tertiary/aromatic N) is 1. The van der Waals surface area contributed by atoms with Crippen molar-refractivity contribution in [2.45, 2.75) is 33.0 Å². The average Bonchev–Trinajstić information content (AvgIpc) is 2.45. The molecule has 0 amide bonds. The molecule has 0 saturated carbocycles. The van der Waals surface area contributed by atoms with Crippen molar-refractivity contribution >= 4 is 15.9 Å².